The van der Waals surface area contributed by atoms with E-state index >= 15 is 0 Å². The molecule has 35 heavy (non-hydrogen) atoms. The number of para-hydroxylation sites is 2. The van der Waals surface area contributed by atoms with Crippen molar-refractivity contribution < 1.29 is 19.3 Å². The first kappa shape index (κ1) is 23.6. The Morgan fingerprint density at radius 1 is 1.17 bits per heavy atom. The maximum absolute atomic E-state index is 13.2. The van der Waals surface area contributed by atoms with Gasteiger partial charge in [0.05, 0.1) is 24.2 Å². The summed E-state index contributed by atoms with van der Waals surface area (Å²) in [6, 6.07) is 12.8. The van der Waals surface area contributed by atoms with Crippen LogP contribution >= 0.6 is 0 Å². The van der Waals surface area contributed by atoms with Gasteiger partial charge in [-0.2, -0.15) is 0 Å². The third kappa shape index (κ3) is 5.19. The molecule has 0 aliphatic heterocycles. The van der Waals surface area contributed by atoms with Crippen LogP contribution in [0.2, 0.25) is 0 Å². The lowest BCUT2D eigenvalue weighted by Crippen LogP contribution is -2.38. The largest absolute Gasteiger partial charge is 0.394 e. The Balaban J connectivity index is 1.60. The van der Waals surface area contributed by atoms with Gasteiger partial charge in [-0.05, 0) is 46.7 Å². The summed E-state index contributed by atoms with van der Waals surface area (Å²) in [5.74, 6) is 2.64. The fourth-order valence-corrected chi connectivity index (χ4v) is 3.41. The third-order valence-corrected chi connectivity index (χ3v) is 5.23. The molecule has 0 bridgehead atoms. The van der Waals surface area contributed by atoms with E-state index in [2.05, 4.69) is 31.9 Å². The predicted molar refractivity (Wildman–Crippen MR) is 129 cm³/mol. The van der Waals surface area contributed by atoms with E-state index in [1.807, 2.05) is 24.3 Å². The SMILES string of the molecule is C#CCCNc1nonc1-c1nc2ccccc2n1CC(=O)c1ccc(NC(=O)C(N)CO)cc1. The van der Waals surface area contributed by atoms with Crippen molar-refractivity contribution in [1.82, 2.24) is 19.9 Å². The summed E-state index contributed by atoms with van der Waals surface area (Å²) in [7, 11) is 0. The van der Waals surface area contributed by atoms with E-state index in [0.717, 1.165) is 5.52 Å². The van der Waals surface area contributed by atoms with Crippen LogP contribution in [0.5, 0.6) is 0 Å². The third-order valence-electron chi connectivity index (χ3n) is 5.23. The number of terminal acetylenes is 1. The first-order valence-electron chi connectivity index (χ1n) is 10.8. The molecule has 1 unspecified atom stereocenters. The first-order valence-corrected chi connectivity index (χ1v) is 10.8. The van der Waals surface area contributed by atoms with Gasteiger partial charge in [-0.15, -0.1) is 12.3 Å². The zero-order valence-electron chi connectivity index (χ0n) is 18.6. The number of aromatic nitrogens is 4. The molecule has 0 radical (unpaired) electrons. The van der Waals surface area contributed by atoms with E-state index in [1.165, 1.54) is 0 Å². The molecule has 1 atom stereocenters. The minimum absolute atomic E-state index is 0.0202. The summed E-state index contributed by atoms with van der Waals surface area (Å²) >= 11 is 0. The minimum Gasteiger partial charge on any atom is -0.394 e. The smallest absolute Gasteiger partial charge is 0.243 e. The fourth-order valence-electron chi connectivity index (χ4n) is 3.41. The molecule has 0 aliphatic rings. The first-order chi connectivity index (χ1) is 17.0. The van der Waals surface area contributed by atoms with Gasteiger partial charge >= 0.3 is 0 Å². The second kappa shape index (κ2) is 10.6. The summed E-state index contributed by atoms with van der Waals surface area (Å²) < 4.78 is 6.68. The van der Waals surface area contributed by atoms with Crippen molar-refractivity contribution in [2.24, 2.45) is 5.73 Å². The molecule has 4 aromatic rings. The second-order valence-electron chi connectivity index (χ2n) is 7.63. The predicted octanol–water partition coefficient (Wildman–Crippen LogP) is 1.66. The van der Waals surface area contributed by atoms with Gasteiger partial charge in [0, 0.05) is 24.2 Å². The van der Waals surface area contributed by atoms with E-state index in [4.69, 9.17) is 21.9 Å². The monoisotopic (exact) mass is 473 g/mol. The zero-order valence-corrected chi connectivity index (χ0v) is 18.6. The van der Waals surface area contributed by atoms with Crippen LogP contribution in [0.25, 0.3) is 22.6 Å². The molecule has 2 aromatic heterocycles. The summed E-state index contributed by atoms with van der Waals surface area (Å²) in [5.41, 5.74) is 8.20. The van der Waals surface area contributed by atoms with Gasteiger partial charge in [0.25, 0.3) is 0 Å². The standard InChI is InChI=1S/C24H23N7O4/c1-2-3-12-26-22-21(29-35-30-22)23-28-18-6-4-5-7-19(18)31(23)13-20(33)15-8-10-16(11-9-15)27-24(34)17(25)14-32/h1,4-11,17,32H,3,12-14,25H2,(H,26,30)(H,27,34). The lowest BCUT2D eigenvalue weighted by Gasteiger charge is -2.11. The van der Waals surface area contributed by atoms with Gasteiger partial charge in [-0.1, -0.05) is 12.1 Å². The van der Waals surface area contributed by atoms with Crippen molar-refractivity contribution >= 4 is 34.2 Å². The number of aliphatic hydroxyl groups excluding tert-OH is 1. The lowest BCUT2D eigenvalue weighted by molar-refractivity contribution is -0.118. The normalized spacial score (nSPS) is 11.7. The zero-order chi connectivity index (χ0) is 24.8. The molecule has 0 aliphatic carbocycles. The maximum atomic E-state index is 13.2. The number of fused-ring (bicyclic) bond motifs is 1. The number of benzene rings is 2. The summed E-state index contributed by atoms with van der Waals surface area (Å²) in [4.78, 5) is 29.7. The highest BCUT2D eigenvalue weighted by atomic mass is 16.6. The molecule has 2 aromatic carbocycles. The number of anilines is 2. The van der Waals surface area contributed by atoms with E-state index < -0.39 is 18.6 Å². The number of rotatable bonds is 10. The van der Waals surface area contributed by atoms with Crippen molar-refractivity contribution in [1.29, 1.82) is 0 Å². The Bertz CT molecular complexity index is 1390. The van der Waals surface area contributed by atoms with Crippen LogP contribution in [0, 0.1) is 12.3 Å². The number of nitrogens with one attached hydrogen (secondary N) is 2. The molecule has 4 rings (SSSR count). The number of nitrogens with zero attached hydrogens (tertiary/aromatic N) is 4. The number of amides is 1. The van der Waals surface area contributed by atoms with Crippen LogP contribution < -0.4 is 16.4 Å². The molecule has 0 fully saturated rings. The van der Waals surface area contributed by atoms with Gasteiger partial charge in [0.15, 0.2) is 17.3 Å². The number of nitrogens with two attached hydrogens (primary N) is 1. The van der Waals surface area contributed by atoms with E-state index in [-0.39, 0.29) is 12.3 Å². The maximum Gasteiger partial charge on any atom is 0.243 e. The fraction of sp³-hybridized carbons (Fsp3) is 0.208. The Kier molecular flexibility index (Phi) is 7.15. The lowest BCUT2D eigenvalue weighted by atomic mass is 10.1. The molecule has 0 spiro atoms. The molecule has 11 nitrogen and oxygen atoms in total. The van der Waals surface area contributed by atoms with Gasteiger partial charge in [0.2, 0.25) is 11.7 Å². The van der Waals surface area contributed by atoms with Crippen molar-refractivity contribution in [3.8, 4) is 23.9 Å². The number of hydrogen-bond acceptors (Lipinski definition) is 9. The second-order valence-corrected chi connectivity index (χ2v) is 7.63. The quantitative estimate of drug-likeness (QED) is 0.152. The summed E-state index contributed by atoms with van der Waals surface area (Å²) in [6.45, 7) is -0.0116. The minimum atomic E-state index is -1.03. The molecule has 11 heteroatoms. The molecule has 178 valence electrons. The average Bonchev–Trinajstić information content (AvgIpc) is 3.48. The summed E-state index contributed by atoms with van der Waals surface area (Å²) in [6.07, 6.45) is 5.80. The highest BCUT2D eigenvalue weighted by molar-refractivity contribution is 5.99. The van der Waals surface area contributed by atoms with Crippen molar-refractivity contribution in [2.45, 2.75) is 19.0 Å². The average molecular weight is 473 g/mol. The molecule has 2 heterocycles. The van der Waals surface area contributed by atoms with E-state index in [1.54, 1.807) is 28.8 Å². The van der Waals surface area contributed by atoms with E-state index in [9.17, 15) is 9.59 Å². The van der Waals surface area contributed by atoms with Crippen molar-refractivity contribution in [3.05, 3.63) is 54.1 Å². The highest BCUT2D eigenvalue weighted by Crippen LogP contribution is 2.28. The van der Waals surface area contributed by atoms with Crippen LogP contribution in [0.3, 0.4) is 0 Å². The Hall–Kier alpha value is -4.53. The van der Waals surface area contributed by atoms with Gasteiger partial charge in [-0.25, -0.2) is 9.61 Å². The Morgan fingerprint density at radius 3 is 2.69 bits per heavy atom. The Labute approximate surface area is 200 Å². The van der Waals surface area contributed by atoms with Gasteiger partial charge in [0.1, 0.15) is 6.04 Å². The van der Waals surface area contributed by atoms with Crippen molar-refractivity contribution in [2.75, 3.05) is 23.8 Å². The molecule has 0 saturated heterocycles. The number of imidazole rings is 1. The molecule has 1 amide bonds. The molecular formula is C24H23N7O4. The van der Waals surface area contributed by atoms with Crippen LogP contribution in [-0.4, -0.2) is 55.9 Å². The topological polar surface area (TPSA) is 161 Å². The van der Waals surface area contributed by atoms with Gasteiger partial charge in [-0.3, -0.25) is 9.59 Å². The number of Topliss-reactive ketones (excluding diaryl/α,β-unsaturated/α-hetero) is 1. The van der Waals surface area contributed by atoms with Crippen LogP contribution in [0.4, 0.5) is 11.5 Å². The molecular weight excluding hydrogens is 450 g/mol. The van der Waals surface area contributed by atoms with E-state index in [0.29, 0.717) is 47.1 Å². The van der Waals surface area contributed by atoms with Crippen LogP contribution in [0.15, 0.2) is 53.2 Å². The number of aliphatic hydroxyl groups is 1. The number of hydrogen-bond donors (Lipinski definition) is 4. The molecule has 5 N–H and O–H groups in total. The van der Waals surface area contributed by atoms with Gasteiger partial charge < -0.3 is 26.0 Å². The Morgan fingerprint density at radius 2 is 1.94 bits per heavy atom. The van der Waals surface area contributed by atoms with Crippen LogP contribution in [0.1, 0.15) is 16.8 Å². The molecule has 0 saturated carbocycles. The number of ketones is 1. The number of carbonyl (C=O) groups excluding carboxylic acids is 2. The van der Waals surface area contributed by atoms with Crippen molar-refractivity contribution in [3.63, 3.8) is 0 Å². The highest BCUT2D eigenvalue weighted by Gasteiger charge is 2.22. The van der Waals surface area contributed by atoms with Crippen LogP contribution in [-0.2, 0) is 11.3 Å². The number of carbonyl (C=O) groups is 2. The summed E-state index contributed by atoms with van der Waals surface area (Å²) in [5, 5.41) is 22.6.